The summed E-state index contributed by atoms with van der Waals surface area (Å²) in [6, 6.07) is 0. The fourth-order valence-electron chi connectivity index (χ4n) is 0.228. The van der Waals surface area contributed by atoms with Crippen molar-refractivity contribution in [1.29, 1.82) is 0 Å². The monoisotopic (exact) mass is 117 g/mol. The minimum absolute atomic E-state index is 1.00. The number of hydrogen-bond acceptors (Lipinski definition) is 2. The van der Waals surface area contributed by atoms with Crippen molar-refractivity contribution in [3.63, 3.8) is 0 Å². The second-order valence-corrected chi connectivity index (χ2v) is 2.03. The Morgan fingerprint density at radius 2 is 2.43 bits per heavy atom. The molecule has 0 rings (SSSR count). The van der Waals surface area contributed by atoms with Crippen molar-refractivity contribution >= 4 is 11.8 Å². The molecular weight excluding hydrogens is 106 g/mol. The Balaban J connectivity index is 2.69. The molecule has 0 fully saturated rings. The molecule has 1 nitrogen and oxygen atoms in total. The molecule has 0 heterocycles. The molecule has 42 valence electrons. The van der Waals surface area contributed by atoms with Gasteiger partial charge in [0.1, 0.15) is 0 Å². The standard InChI is InChI=1S/C5H11NS/c1-3-4-7-5-6-2/h3-4,6H,5H2,1-2H3/b4-3-. The number of thioether (sulfide) groups is 1. The predicted molar refractivity (Wildman–Crippen MR) is 36.3 cm³/mol. The SMILES string of the molecule is C/C=C\SCNC. The lowest BCUT2D eigenvalue weighted by atomic mass is 10.8. The van der Waals surface area contributed by atoms with E-state index in [-0.39, 0.29) is 0 Å². The van der Waals surface area contributed by atoms with Crippen LogP contribution in [0.4, 0.5) is 0 Å². The van der Waals surface area contributed by atoms with Gasteiger partial charge < -0.3 is 5.32 Å². The molecule has 0 aromatic carbocycles. The maximum Gasteiger partial charge on any atom is 0.0457 e. The van der Waals surface area contributed by atoms with Crippen LogP contribution in [0.1, 0.15) is 6.92 Å². The van der Waals surface area contributed by atoms with E-state index in [9.17, 15) is 0 Å². The largest absolute Gasteiger partial charge is 0.311 e. The maximum absolute atomic E-state index is 3.01. The third-order valence-electron chi connectivity index (χ3n) is 0.460. The molecule has 0 aliphatic carbocycles. The molecule has 0 aromatic rings. The molecular formula is C5H11NS. The Morgan fingerprint density at radius 3 is 2.86 bits per heavy atom. The lowest BCUT2D eigenvalue weighted by Gasteiger charge is -1.87. The zero-order valence-corrected chi connectivity index (χ0v) is 5.59. The second kappa shape index (κ2) is 6.05. The summed E-state index contributed by atoms with van der Waals surface area (Å²) in [5.74, 6) is 1.00. The van der Waals surface area contributed by atoms with Crippen LogP contribution in [0.3, 0.4) is 0 Å². The summed E-state index contributed by atoms with van der Waals surface area (Å²) in [7, 11) is 1.94. The molecule has 0 radical (unpaired) electrons. The Morgan fingerprint density at radius 1 is 1.71 bits per heavy atom. The molecule has 0 bridgehead atoms. The average molecular weight is 117 g/mol. The zero-order chi connectivity index (χ0) is 5.54. The van der Waals surface area contributed by atoms with E-state index < -0.39 is 0 Å². The highest BCUT2D eigenvalue weighted by atomic mass is 32.2. The van der Waals surface area contributed by atoms with E-state index >= 15 is 0 Å². The third-order valence-corrected chi connectivity index (χ3v) is 1.38. The quantitative estimate of drug-likeness (QED) is 0.443. The topological polar surface area (TPSA) is 12.0 Å². The number of rotatable bonds is 3. The highest BCUT2D eigenvalue weighted by molar-refractivity contribution is 8.02. The van der Waals surface area contributed by atoms with Gasteiger partial charge in [-0.1, -0.05) is 6.08 Å². The first-order valence-corrected chi connectivity index (χ1v) is 3.34. The molecule has 1 N–H and O–H groups in total. The van der Waals surface area contributed by atoms with Gasteiger partial charge in [-0.15, -0.1) is 11.8 Å². The van der Waals surface area contributed by atoms with Gasteiger partial charge in [0.15, 0.2) is 0 Å². The van der Waals surface area contributed by atoms with Gasteiger partial charge in [0.05, 0.1) is 0 Å². The number of allylic oxidation sites excluding steroid dienone is 1. The van der Waals surface area contributed by atoms with Gasteiger partial charge in [0.2, 0.25) is 0 Å². The number of hydrogen-bond donors (Lipinski definition) is 1. The van der Waals surface area contributed by atoms with Crippen LogP contribution < -0.4 is 5.32 Å². The first kappa shape index (κ1) is 7.05. The summed E-state index contributed by atoms with van der Waals surface area (Å²) >= 11 is 1.76. The van der Waals surface area contributed by atoms with Crippen molar-refractivity contribution in [1.82, 2.24) is 5.32 Å². The minimum atomic E-state index is 1.00. The lowest BCUT2D eigenvalue weighted by Crippen LogP contribution is -2.01. The Hall–Kier alpha value is 0.0500. The fraction of sp³-hybridized carbons (Fsp3) is 0.600. The molecule has 0 aliphatic heterocycles. The summed E-state index contributed by atoms with van der Waals surface area (Å²) in [6.45, 7) is 2.02. The van der Waals surface area contributed by atoms with E-state index in [0.29, 0.717) is 0 Å². The summed E-state index contributed by atoms with van der Waals surface area (Å²) in [4.78, 5) is 0. The Kier molecular flexibility index (Phi) is 6.09. The smallest absolute Gasteiger partial charge is 0.0457 e. The van der Waals surface area contributed by atoms with E-state index in [1.54, 1.807) is 11.8 Å². The van der Waals surface area contributed by atoms with Crippen LogP contribution in [0, 0.1) is 0 Å². The van der Waals surface area contributed by atoms with E-state index in [1.165, 1.54) is 0 Å². The molecule has 0 saturated heterocycles. The summed E-state index contributed by atoms with van der Waals surface area (Å²) < 4.78 is 0. The van der Waals surface area contributed by atoms with E-state index in [2.05, 4.69) is 10.7 Å². The zero-order valence-electron chi connectivity index (χ0n) is 4.77. The Bertz CT molecular complexity index is 52.0. The van der Waals surface area contributed by atoms with Crippen molar-refractivity contribution in [3.05, 3.63) is 11.5 Å². The highest BCUT2D eigenvalue weighted by Crippen LogP contribution is 1.95. The van der Waals surface area contributed by atoms with Crippen LogP contribution in [-0.2, 0) is 0 Å². The molecule has 0 saturated carbocycles. The number of nitrogens with one attached hydrogen (secondary N) is 1. The predicted octanol–water partition coefficient (Wildman–Crippen LogP) is 1.43. The minimum Gasteiger partial charge on any atom is -0.311 e. The van der Waals surface area contributed by atoms with Gasteiger partial charge in [-0.2, -0.15) is 0 Å². The van der Waals surface area contributed by atoms with Crippen LogP contribution in [0.25, 0.3) is 0 Å². The van der Waals surface area contributed by atoms with Gasteiger partial charge >= 0.3 is 0 Å². The van der Waals surface area contributed by atoms with Crippen molar-refractivity contribution < 1.29 is 0 Å². The van der Waals surface area contributed by atoms with Crippen LogP contribution in [0.2, 0.25) is 0 Å². The first-order valence-electron chi connectivity index (χ1n) is 2.29. The van der Waals surface area contributed by atoms with Crippen molar-refractivity contribution in [2.45, 2.75) is 6.92 Å². The molecule has 0 aromatic heterocycles. The van der Waals surface area contributed by atoms with Crippen molar-refractivity contribution in [2.75, 3.05) is 12.9 Å². The van der Waals surface area contributed by atoms with Gasteiger partial charge in [-0.3, -0.25) is 0 Å². The van der Waals surface area contributed by atoms with Crippen LogP contribution in [0.5, 0.6) is 0 Å². The summed E-state index contributed by atoms with van der Waals surface area (Å²) in [6.07, 6.45) is 2.03. The molecule has 2 heteroatoms. The van der Waals surface area contributed by atoms with E-state index in [4.69, 9.17) is 0 Å². The second-order valence-electron chi connectivity index (χ2n) is 1.13. The normalized spacial score (nSPS) is 10.6. The Labute approximate surface area is 49.2 Å². The van der Waals surface area contributed by atoms with Crippen molar-refractivity contribution in [3.8, 4) is 0 Å². The lowest BCUT2D eigenvalue weighted by molar-refractivity contribution is 0.985. The van der Waals surface area contributed by atoms with Crippen LogP contribution >= 0.6 is 11.8 Å². The maximum atomic E-state index is 3.01. The molecule has 0 spiro atoms. The third kappa shape index (κ3) is 6.05. The van der Waals surface area contributed by atoms with E-state index in [1.807, 2.05) is 20.0 Å². The molecule has 0 aliphatic rings. The van der Waals surface area contributed by atoms with Gasteiger partial charge in [0, 0.05) is 5.88 Å². The average Bonchev–Trinajstić information content (AvgIpc) is 1.69. The van der Waals surface area contributed by atoms with Crippen LogP contribution in [-0.4, -0.2) is 12.9 Å². The summed E-state index contributed by atoms with van der Waals surface area (Å²) in [5.41, 5.74) is 0. The molecule has 0 amide bonds. The summed E-state index contributed by atoms with van der Waals surface area (Å²) in [5, 5.41) is 5.08. The molecule has 0 atom stereocenters. The van der Waals surface area contributed by atoms with Gasteiger partial charge in [-0.25, -0.2) is 0 Å². The van der Waals surface area contributed by atoms with Gasteiger partial charge in [-0.05, 0) is 19.4 Å². The van der Waals surface area contributed by atoms with E-state index in [0.717, 1.165) is 5.88 Å². The van der Waals surface area contributed by atoms with Crippen LogP contribution in [0.15, 0.2) is 11.5 Å². The molecule has 0 unspecified atom stereocenters. The van der Waals surface area contributed by atoms with Crippen molar-refractivity contribution in [2.24, 2.45) is 0 Å². The fourth-order valence-corrected chi connectivity index (χ4v) is 0.683. The molecule has 7 heavy (non-hydrogen) atoms. The first-order chi connectivity index (χ1) is 3.41. The highest BCUT2D eigenvalue weighted by Gasteiger charge is 1.70. The van der Waals surface area contributed by atoms with Gasteiger partial charge in [0.25, 0.3) is 0 Å².